The molecule has 0 radical (unpaired) electrons. The van der Waals surface area contributed by atoms with Crippen molar-refractivity contribution in [2.75, 3.05) is 11.9 Å². The van der Waals surface area contributed by atoms with Crippen LogP contribution in [0.2, 0.25) is 0 Å². The lowest BCUT2D eigenvalue weighted by atomic mass is 10.2. The van der Waals surface area contributed by atoms with Crippen LogP contribution in [0.3, 0.4) is 0 Å². The molecule has 0 aliphatic rings. The van der Waals surface area contributed by atoms with Crippen molar-refractivity contribution in [2.24, 2.45) is 0 Å². The lowest BCUT2D eigenvalue weighted by molar-refractivity contribution is -0.384. The average molecular weight is 340 g/mol. The number of non-ortho nitro benzene ring substituents is 1. The molecule has 7 heteroatoms. The molecule has 0 fully saturated rings. The first-order valence-corrected chi connectivity index (χ1v) is 7.40. The molecule has 7 nitrogen and oxygen atoms in total. The normalized spacial score (nSPS) is 10.4. The van der Waals surface area contributed by atoms with E-state index in [1.807, 2.05) is 30.3 Å². The van der Waals surface area contributed by atoms with Crippen molar-refractivity contribution in [3.8, 4) is 0 Å². The fourth-order valence-electron chi connectivity index (χ4n) is 1.96. The van der Waals surface area contributed by atoms with E-state index in [0.29, 0.717) is 11.3 Å². The van der Waals surface area contributed by atoms with Crippen molar-refractivity contribution in [1.29, 1.82) is 0 Å². The summed E-state index contributed by atoms with van der Waals surface area (Å²) < 4.78 is 4.84. The van der Waals surface area contributed by atoms with Gasteiger partial charge in [0, 0.05) is 18.2 Å². The summed E-state index contributed by atoms with van der Waals surface area (Å²) in [6.45, 7) is 1.22. The molecule has 0 heterocycles. The second-order valence-electron chi connectivity index (χ2n) is 5.16. The van der Waals surface area contributed by atoms with Gasteiger partial charge in [0.2, 0.25) is 0 Å². The quantitative estimate of drug-likeness (QED) is 0.377. The standard InChI is InChI=1S/C18H16N2O5/c1-13-7-9-15(20(23)24)11-16(13)19-17(21)12-25-18(22)10-8-14-5-3-2-4-6-14/h2-11H,12H2,1H3,(H,19,21)/b10-8+. The molecule has 2 rings (SSSR count). The molecular formula is C18H16N2O5. The Bertz CT molecular complexity index is 815. The molecule has 25 heavy (non-hydrogen) atoms. The molecule has 0 aromatic heterocycles. The molecule has 1 amide bonds. The van der Waals surface area contributed by atoms with Gasteiger partial charge in [-0.2, -0.15) is 0 Å². The van der Waals surface area contributed by atoms with Crippen LogP contribution in [0.1, 0.15) is 11.1 Å². The Morgan fingerprint density at radius 2 is 1.92 bits per heavy atom. The van der Waals surface area contributed by atoms with E-state index in [0.717, 1.165) is 5.56 Å². The molecule has 0 saturated carbocycles. The maximum Gasteiger partial charge on any atom is 0.331 e. The van der Waals surface area contributed by atoms with E-state index in [-0.39, 0.29) is 5.69 Å². The highest BCUT2D eigenvalue weighted by molar-refractivity contribution is 5.95. The molecule has 0 aliphatic carbocycles. The number of nitro benzene ring substituents is 1. The van der Waals surface area contributed by atoms with Crippen LogP contribution in [-0.4, -0.2) is 23.4 Å². The number of benzene rings is 2. The summed E-state index contributed by atoms with van der Waals surface area (Å²) in [6.07, 6.45) is 2.80. The maximum absolute atomic E-state index is 11.8. The van der Waals surface area contributed by atoms with Gasteiger partial charge in [-0.3, -0.25) is 14.9 Å². The van der Waals surface area contributed by atoms with Crippen LogP contribution in [0.4, 0.5) is 11.4 Å². The number of hydrogen-bond acceptors (Lipinski definition) is 5. The van der Waals surface area contributed by atoms with Crippen molar-refractivity contribution < 1.29 is 19.2 Å². The topological polar surface area (TPSA) is 98.5 Å². The van der Waals surface area contributed by atoms with Crippen LogP contribution in [0.5, 0.6) is 0 Å². The number of nitrogens with zero attached hydrogens (tertiary/aromatic N) is 1. The maximum atomic E-state index is 11.8. The van der Waals surface area contributed by atoms with Crippen LogP contribution < -0.4 is 5.32 Å². The molecule has 0 saturated heterocycles. The number of anilines is 1. The third kappa shape index (κ3) is 5.58. The smallest absolute Gasteiger partial charge is 0.331 e. The summed E-state index contributed by atoms with van der Waals surface area (Å²) in [5.41, 5.74) is 1.66. The van der Waals surface area contributed by atoms with Gasteiger partial charge in [0.15, 0.2) is 6.61 Å². The summed E-state index contributed by atoms with van der Waals surface area (Å²) in [5, 5.41) is 13.3. The average Bonchev–Trinajstić information content (AvgIpc) is 2.60. The molecule has 1 N–H and O–H groups in total. The molecule has 0 bridgehead atoms. The monoisotopic (exact) mass is 340 g/mol. The zero-order chi connectivity index (χ0) is 18.2. The molecule has 2 aromatic carbocycles. The van der Waals surface area contributed by atoms with Gasteiger partial charge < -0.3 is 10.1 Å². The van der Waals surface area contributed by atoms with Crippen LogP contribution in [0.15, 0.2) is 54.6 Å². The molecule has 2 aromatic rings. The van der Waals surface area contributed by atoms with E-state index in [2.05, 4.69) is 5.32 Å². The predicted octanol–water partition coefficient (Wildman–Crippen LogP) is 3.10. The molecule has 0 atom stereocenters. The second-order valence-corrected chi connectivity index (χ2v) is 5.16. The lowest BCUT2D eigenvalue weighted by Gasteiger charge is -2.08. The number of rotatable bonds is 6. The number of aryl methyl sites for hydroxylation is 1. The summed E-state index contributed by atoms with van der Waals surface area (Å²) in [6, 6.07) is 13.3. The van der Waals surface area contributed by atoms with Crippen LogP contribution >= 0.6 is 0 Å². The number of amides is 1. The fraction of sp³-hybridized carbons (Fsp3) is 0.111. The minimum Gasteiger partial charge on any atom is -0.452 e. The Kier molecular flexibility index (Phi) is 6.00. The van der Waals surface area contributed by atoms with Crippen molar-refractivity contribution in [1.82, 2.24) is 0 Å². The Morgan fingerprint density at radius 3 is 2.60 bits per heavy atom. The number of nitrogens with one attached hydrogen (secondary N) is 1. The third-order valence-electron chi connectivity index (χ3n) is 3.26. The summed E-state index contributed by atoms with van der Waals surface area (Å²) in [5.74, 6) is -1.24. The van der Waals surface area contributed by atoms with Gasteiger partial charge in [-0.1, -0.05) is 36.4 Å². The molecular weight excluding hydrogens is 324 g/mol. The third-order valence-corrected chi connectivity index (χ3v) is 3.26. The second kappa shape index (κ2) is 8.39. The number of hydrogen-bond donors (Lipinski definition) is 1. The Hall–Kier alpha value is -3.48. The highest BCUT2D eigenvalue weighted by Gasteiger charge is 2.12. The first-order valence-electron chi connectivity index (χ1n) is 7.40. The van der Waals surface area contributed by atoms with Crippen molar-refractivity contribution in [3.63, 3.8) is 0 Å². The van der Waals surface area contributed by atoms with Gasteiger partial charge in [0.1, 0.15) is 0 Å². The Balaban J connectivity index is 1.88. The predicted molar refractivity (Wildman–Crippen MR) is 92.9 cm³/mol. The highest BCUT2D eigenvalue weighted by atomic mass is 16.6. The van der Waals surface area contributed by atoms with E-state index in [9.17, 15) is 19.7 Å². The Labute approximate surface area is 144 Å². The first-order chi connectivity index (χ1) is 12.0. The van der Waals surface area contributed by atoms with Gasteiger partial charge in [-0.05, 0) is 24.1 Å². The van der Waals surface area contributed by atoms with Crippen molar-refractivity contribution >= 4 is 29.3 Å². The van der Waals surface area contributed by atoms with E-state index >= 15 is 0 Å². The van der Waals surface area contributed by atoms with E-state index in [4.69, 9.17) is 4.74 Å². The zero-order valence-electron chi connectivity index (χ0n) is 13.5. The minimum absolute atomic E-state index is 0.135. The van der Waals surface area contributed by atoms with Gasteiger partial charge in [-0.15, -0.1) is 0 Å². The van der Waals surface area contributed by atoms with Crippen molar-refractivity contribution in [2.45, 2.75) is 6.92 Å². The Morgan fingerprint density at radius 1 is 1.20 bits per heavy atom. The number of nitro groups is 1. The van der Waals surface area contributed by atoms with Crippen LogP contribution in [0.25, 0.3) is 6.08 Å². The van der Waals surface area contributed by atoms with Gasteiger partial charge in [0.05, 0.1) is 10.6 Å². The number of carbonyl (C=O) groups is 2. The van der Waals surface area contributed by atoms with Gasteiger partial charge in [0.25, 0.3) is 11.6 Å². The largest absolute Gasteiger partial charge is 0.452 e. The van der Waals surface area contributed by atoms with E-state index in [1.165, 1.54) is 24.3 Å². The minimum atomic E-state index is -0.658. The highest BCUT2D eigenvalue weighted by Crippen LogP contribution is 2.21. The summed E-state index contributed by atoms with van der Waals surface area (Å²) in [4.78, 5) is 33.7. The fourth-order valence-corrected chi connectivity index (χ4v) is 1.96. The van der Waals surface area contributed by atoms with Crippen LogP contribution in [-0.2, 0) is 14.3 Å². The van der Waals surface area contributed by atoms with E-state index in [1.54, 1.807) is 13.0 Å². The van der Waals surface area contributed by atoms with Crippen LogP contribution in [0, 0.1) is 17.0 Å². The molecule has 0 spiro atoms. The van der Waals surface area contributed by atoms with Crippen molar-refractivity contribution in [3.05, 3.63) is 75.8 Å². The van der Waals surface area contributed by atoms with E-state index < -0.39 is 23.4 Å². The zero-order valence-corrected chi connectivity index (χ0v) is 13.5. The number of esters is 1. The molecule has 0 aliphatic heterocycles. The molecule has 128 valence electrons. The molecule has 0 unspecified atom stereocenters. The lowest BCUT2D eigenvalue weighted by Crippen LogP contribution is -2.20. The first kappa shape index (κ1) is 17.9. The number of carbonyl (C=O) groups excluding carboxylic acids is 2. The van der Waals surface area contributed by atoms with Gasteiger partial charge >= 0.3 is 5.97 Å². The van der Waals surface area contributed by atoms with Gasteiger partial charge in [-0.25, -0.2) is 4.79 Å². The summed E-state index contributed by atoms with van der Waals surface area (Å²) >= 11 is 0. The SMILES string of the molecule is Cc1ccc([N+](=O)[O-])cc1NC(=O)COC(=O)/C=C/c1ccccc1. The summed E-state index contributed by atoms with van der Waals surface area (Å²) in [7, 11) is 0. The number of ether oxygens (including phenoxy) is 1.